The fourth-order valence-corrected chi connectivity index (χ4v) is 2.14. The van der Waals surface area contributed by atoms with Crippen molar-refractivity contribution < 1.29 is 13.5 Å². The second-order valence-electron chi connectivity index (χ2n) is 3.76. The van der Waals surface area contributed by atoms with Crippen molar-refractivity contribution in [2.24, 2.45) is 5.73 Å². The maximum atomic E-state index is 13.6. The van der Waals surface area contributed by atoms with E-state index in [1.165, 1.54) is 6.07 Å². The second kappa shape index (κ2) is 5.86. The van der Waals surface area contributed by atoms with Crippen molar-refractivity contribution in [3.63, 3.8) is 0 Å². The van der Waals surface area contributed by atoms with Gasteiger partial charge in [-0.05, 0) is 30.3 Å². The van der Waals surface area contributed by atoms with E-state index in [-0.39, 0.29) is 12.3 Å². The molecule has 6 heteroatoms. The van der Waals surface area contributed by atoms with Crippen LogP contribution in [0.4, 0.5) is 8.78 Å². The van der Waals surface area contributed by atoms with Crippen molar-refractivity contribution >= 4 is 27.5 Å². The van der Waals surface area contributed by atoms with Crippen LogP contribution in [0.15, 0.2) is 34.8 Å². The summed E-state index contributed by atoms with van der Waals surface area (Å²) in [7, 11) is 0. The van der Waals surface area contributed by atoms with Gasteiger partial charge in [-0.2, -0.15) is 4.39 Å². The van der Waals surface area contributed by atoms with Gasteiger partial charge in [0.1, 0.15) is 5.75 Å². The number of hydrogen-bond donors (Lipinski definition) is 1. The van der Waals surface area contributed by atoms with Crippen LogP contribution in [-0.2, 0) is 6.54 Å². The Morgan fingerprint density at radius 3 is 2.58 bits per heavy atom. The summed E-state index contributed by atoms with van der Waals surface area (Å²) in [6.07, 6.45) is 0. The largest absolute Gasteiger partial charge is 0.454 e. The Morgan fingerprint density at radius 1 is 1.16 bits per heavy atom. The highest BCUT2D eigenvalue weighted by Gasteiger charge is 2.13. The van der Waals surface area contributed by atoms with Gasteiger partial charge < -0.3 is 10.5 Å². The molecular formula is C13H9BrClF2NO. The van der Waals surface area contributed by atoms with E-state index in [0.29, 0.717) is 20.8 Å². The molecule has 2 N–H and O–H groups in total. The Kier molecular flexibility index (Phi) is 4.39. The predicted molar refractivity (Wildman–Crippen MR) is 73.5 cm³/mol. The zero-order valence-corrected chi connectivity index (χ0v) is 11.9. The first-order valence-electron chi connectivity index (χ1n) is 5.32. The van der Waals surface area contributed by atoms with Crippen LogP contribution in [0, 0.1) is 11.6 Å². The van der Waals surface area contributed by atoms with E-state index in [4.69, 9.17) is 22.1 Å². The summed E-state index contributed by atoms with van der Waals surface area (Å²) in [6, 6.07) is 7.12. The highest BCUT2D eigenvalue weighted by molar-refractivity contribution is 9.10. The molecule has 100 valence electrons. The Hall–Kier alpha value is -1.17. The van der Waals surface area contributed by atoms with E-state index in [1.54, 1.807) is 18.2 Å². The summed E-state index contributed by atoms with van der Waals surface area (Å²) < 4.78 is 32.6. The number of benzene rings is 2. The first-order valence-corrected chi connectivity index (χ1v) is 6.49. The lowest BCUT2D eigenvalue weighted by atomic mass is 10.2. The van der Waals surface area contributed by atoms with Crippen LogP contribution in [0.25, 0.3) is 0 Å². The Morgan fingerprint density at radius 2 is 1.89 bits per heavy atom. The zero-order chi connectivity index (χ0) is 14.0. The Bertz CT molecular complexity index is 622. The third-order valence-corrected chi connectivity index (χ3v) is 3.11. The minimum atomic E-state index is -1.05. The highest BCUT2D eigenvalue weighted by Crippen LogP contribution is 2.32. The number of hydrogen-bond acceptors (Lipinski definition) is 2. The molecule has 0 spiro atoms. The van der Waals surface area contributed by atoms with Gasteiger partial charge in [-0.1, -0.05) is 27.5 Å². The van der Waals surface area contributed by atoms with E-state index in [1.807, 2.05) is 0 Å². The van der Waals surface area contributed by atoms with Gasteiger partial charge in [-0.25, -0.2) is 4.39 Å². The lowest BCUT2D eigenvalue weighted by molar-refractivity contribution is 0.412. The second-order valence-corrected chi connectivity index (χ2v) is 5.11. The summed E-state index contributed by atoms with van der Waals surface area (Å²) in [4.78, 5) is 0. The molecule has 0 saturated heterocycles. The smallest absolute Gasteiger partial charge is 0.201 e. The van der Waals surface area contributed by atoms with Crippen molar-refractivity contribution in [2.45, 2.75) is 6.54 Å². The number of halogens is 4. The molecule has 0 aromatic heterocycles. The number of rotatable bonds is 3. The van der Waals surface area contributed by atoms with E-state index in [0.717, 1.165) is 6.07 Å². The van der Waals surface area contributed by atoms with Gasteiger partial charge in [-0.15, -0.1) is 0 Å². The third-order valence-electron chi connectivity index (χ3n) is 2.42. The molecule has 2 nitrogen and oxygen atoms in total. The van der Waals surface area contributed by atoms with Gasteiger partial charge in [0.15, 0.2) is 11.6 Å². The lowest BCUT2D eigenvalue weighted by Gasteiger charge is -2.11. The minimum Gasteiger partial charge on any atom is -0.454 e. The summed E-state index contributed by atoms with van der Waals surface area (Å²) in [5.74, 6) is -1.93. The van der Waals surface area contributed by atoms with Crippen LogP contribution in [0.5, 0.6) is 11.5 Å². The molecule has 0 amide bonds. The maximum Gasteiger partial charge on any atom is 0.201 e. The monoisotopic (exact) mass is 347 g/mol. The number of ether oxygens (including phenoxy) is 1. The lowest BCUT2D eigenvalue weighted by Crippen LogP contribution is -2.00. The summed E-state index contributed by atoms with van der Waals surface area (Å²) >= 11 is 8.90. The van der Waals surface area contributed by atoms with Crippen molar-refractivity contribution in [1.82, 2.24) is 0 Å². The quantitative estimate of drug-likeness (QED) is 0.821. The van der Waals surface area contributed by atoms with Crippen molar-refractivity contribution in [1.29, 1.82) is 0 Å². The third kappa shape index (κ3) is 3.23. The molecule has 0 saturated carbocycles. The molecule has 0 aliphatic carbocycles. The molecule has 0 radical (unpaired) electrons. The van der Waals surface area contributed by atoms with E-state index in [2.05, 4.69) is 15.9 Å². The molecule has 0 aliphatic heterocycles. The van der Waals surface area contributed by atoms with E-state index >= 15 is 0 Å². The van der Waals surface area contributed by atoms with Crippen molar-refractivity contribution in [2.75, 3.05) is 0 Å². The molecule has 2 rings (SSSR count). The molecule has 19 heavy (non-hydrogen) atoms. The van der Waals surface area contributed by atoms with Gasteiger partial charge in [0, 0.05) is 21.6 Å². The molecule has 0 heterocycles. The molecule has 0 aliphatic rings. The average molecular weight is 349 g/mol. The topological polar surface area (TPSA) is 35.2 Å². The predicted octanol–water partition coefficient (Wildman–Crippen LogP) is 4.63. The van der Waals surface area contributed by atoms with Gasteiger partial charge in [-0.3, -0.25) is 0 Å². The first kappa shape index (κ1) is 14.2. The van der Waals surface area contributed by atoms with Gasteiger partial charge in [0.25, 0.3) is 0 Å². The van der Waals surface area contributed by atoms with E-state index in [9.17, 15) is 8.78 Å². The zero-order valence-electron chi connectivity index (χ0n) is 9.59. The van der Waals surface area contributed by atoms with Crippen LogP contribution in [0.3, 0.4) is 0 Å². The van der Waals surface area contributed by atoms with Crippen LogP contribution < -0.4 is 10.5 Å². The van der Waals surface area contributed by atoms with Crippen LogP contribution in [-0.4, -0.2) is 0 Å². The van der Waals surface area contributed by atoms with Crippen LogP contribution in [0.1, 0.15) is 5.56 Å². The van der Waals surface area contributed by atoms with E-state index < -0.39 is 11.6 Å². The molecule has 2 aromatic carbocycles. The summed E-state index contributed by atoms with van der Waals surface area (Å²) in [5, 5.41) is 0.494. The maximum absolute atomic E-state index is 13.6. The van der Waals surface area contributed by atoms with Gasteiger partial charge in [0.2, 0.25) is 5.82 Å². The fourth-order valence-electron chi connectivity index (χ4n) is 1.53. The van der Waals surface area contributed by atoms with Crippen LogP contribution in [0.2, 0.25) is 5.02 Å². The summed E-state index contributed by atoms with van der Waals surface area (Å²) in [5.41, 5.74) is 6.16. The molecule has 0 atom stereocenters. The van der Waals surface area contributed by atoms with Crippen molar-refractivity contribution in [3.8, 4) is 11.5 Å². The van der Waals surface area contributed by atoms with Gasteiger partial charge >= 0.3 is 0 Å². The Labute approximate surface area is 122 Å². The molecule has 0 fully saturated rings. The standard InChI is InChI=1S/C13H9BrClF2NO/c14-8-4-10(16)13(17)12(5-8)19-11-2-1-9(15)3-7(11)6-18/h1-5H,6,18H2. The van der Waals surface area contributed by atoms with Crippen molar-refractivity contribution in [3.05, 3.63) is 57.0 Å². The minimum absolute atomic E-state index is 0.175. The molecule has 2 aromatic rings. The van der Waals surface area contributed by atoms with Gasteiger partial charge in [0.05, 0.1) is 0 Å². The molecule has 0 unspecified atom stereocenters. The highest BCUT2D eigenvalue weighted by atomic mass is 79.9. The summed E-state index contributed by atoms with van der Waals surface area (Å²) in [6.45, 7) is 0.175. The number of nitrogens with two attached hydrogens (primary N) is 1. The fraction of sp³-hybridized carbons (Fsp3) is 0.0769. The first-order chi connectivity index (χ1) is 9.01. The average Bonchev–Trinajstić information content (AvgIpc) is 2.37. The molecular weight excluding hydrogens is 340 g/mol. The Balaban J connectivity index is 2.41. The van der Waals surface area contributed by atoms with Crippen LogP contribution >= 0.6 is 27.5 Å². The normalized spacial score (nSPS) is 10.6. The molecule has 0 bridgehead atoms. The SMILES string of the molecule is NCc1cc(Cl)ccc1Oc1cc(Br)cc(F)c1F.